The molecule has 0 spiro atoms. The van der Waals surface area contributed by atoms with Crippen LogP contribution in [0.25, 0.3) is 10.8 Å². The third-order valence-electron chi connectivity index (χ3n) is 7.97. The van der Waals surface area contributed by atoms with Gasteiger partial charge in [0, 0.05) is 12.1 Å². The molecule has 3 aliphatic rings. The molecule has 1 aliphatic carbocycles. The van der Waals surface area contributed by atoms with E-state index in [1.807, 2.05) is 56.3 Å². The van der Waals surface area contributed by atoms with E-state index in [4.69, 9.17) is 0 Å². The molecule has 2 aliphatic heterocycles. The molecular weight excluding hydrogens is 404 g/mol. The van der Waals surface area contributed by atoms with Crippen molar-refractivity contribution in [3.8, 4) is 0 Å². The summed E-state index contributed by atoms with van der Waals surface area (Å²) in [7, 11) is 0. The van der Waals surface area contributed by atoms with Crippen LogP contribution in [0, 0.1) is 17.8 Å². The first-order valence-electron chi connectivity index (χ1n) is 11.7. The molecule has 6 nitrogen and oxygen atoms in total. The highest BCUT2D eigenvalue weighted by Gasteiger charge is 2.70. The minimum absolute atomic E-state index is 0.106. The van der Waals surface area contributed by atoms with Crippen LogP contribution in [-0.2, 0) is 14.4 Å². The van der Waals surface area contributed by atoms with Crippen LogP contribution in [0.1, 0.15) is 57.6 Å². The molecule has 2 aromatic rings. The van der Waals surface area contributed by atoms with Gasteiger partial charge in [-0.05, 0) is 41.2 Å². The molecular formula is C26H30N2O4. The summed E-state index contributed by atoms with van der Waals surface area (Å²) in [6, 6.07) is 13.3. The second kappa shape index (κ2) is 7.69. The van der Waals surface area contributed by atoms with Crippen molar-refractivity contribution in [1.29, 1.82) is 0 Å². The molecule has 4 atom stereocenters. The Morgan fingerprint density at radius 1 is 1.03 bits per heavy atom. The number of fused-ring (bicyclic) bond motifs is 2. The number of nitrogens with one attached hydrogen (secondary N) is 1. The number of likely N-dealkylation sites (tertiary alicyclic amines) is 1. The maximum atomic E-state index is 13.7. The van der Waals surface area contributed by atoms with Gasteiger partial charge in [-0.1, -0.05) is 69.5 Å². The minimum atomic E-state index is -1.48. The van der Waals surface area contributed by atoms with Gasteiger partial charge in [-0.3, -0.25) is 24.6 Å². The number of carbonyl (C=O) groups is 3. The largest absolute Gasteiger partial charge is 0.480 e. The SMILES string of the molecule is CC(C)C1(C(=O)O)NC(c2ccc3ccccc3c2)C2C(=O)N(C3CCCCC3)C(=O)C21. The Labute approximate surface area is 188 Å². The van der Waals surface area contributed by atoms with E-state index < -0.39 is 29.4 Å². The van der Waals surface area contributed by atoms with Gasteiger partial charge < -0.3 is 5.11 Å². The third-order valence-corrected chi connectivity index (χ3v) is 7.97. The van der Waals surface area contributed by atoms with Gasteiger partial charge in [0.05, 0.1) is 11.8 Å². The van der Waals surface area contributed by atoms with E-state index in [-0.39, 0.29) is 23.8 Å². The van der Waals surface area contributed by atoms with E-state index >= 15 is 0 Å². The van der Waals surface area contributed by atoms with Crippen LogP contribution in [0.15, 0.2) is 42.5 Å². The van der Waals surface area contributed by atoms with Crippen LogP contribution in [0.2, 0.25) is 0 Å². The van der Waals surface area contributed by atoms with Crippen LogP contribution in [0.5, 0.6) is 0 Å². The van der Waals surface area contributed by atoms with Crippen molar-refractivity contribution in [2.75, 3.05) is 0 Å². The van der Waals surface area contributed by atoms with Crippen molar-refractivity contribution in [1.82, 2.24) is 10.2 Å². The molecule has 3 fully saturated rings. The number of rotatable bonds is 4. The van der Waals surface area contributed by atoms with E-state index in [0.29, 0.717) is 0 Å². The van der Waals surface area contributed by atoms with Crippen LogP contribution in [0.3, 0.4) is 0 Å². The van der Waals surface area contributed by atoms with Crippen molar-refractivity contribution in [3.05, 3.63) is 48.0 Å². The molecule has 32 heavy (non-hydrogen) atoms. The average molecular weight is 435 g/mol. The first-order valence-corrected chi connectivity index (χ1v) is 11.7. The summed E-state index contributed by atoms with van der Waals surface area (Å²) in [5, 5.41) is 15.8. The lowest BCUT2D eigenvalue weighted by molar-refractivity contribution is -0.154. The summed E-state index contributed by atoms with van der Waals surface area (Å²) in [5.41, 5.74) is -0.619. The lowest BCUT2D eigenvalue weighted by Gasteiger charge is -2.36. The summed E-state index contributed by atoms with van der Waals surface area (Å²) < 4.78 is 0. The summed E-state index contributed by atoms with van der Waals surface area (Å²) in [4.78, 5) is 41.6. The average Bonchev–Trinajstić information content (AvgIpc) is 3.29. The Kier molecular flexibility index (Phi) is 5.08. The number of aliphatic carboxylic acids is 1. The zero-order valence-corrected chi connectivity index (χ0v) is 18.6. The minimum Gasteiger partial charge on any atom is -0.480 e. The van der Waals surface area contributed by atoms with Crippen LogP contribution < -0.4 is 5.32 Å². The summed E-state index contributed by atoms with van der Waals surface area (Å²) in [5.74, 6) is -3.53. The Morgan fingerprint density at radius 2 is 1.72 bits per heavy atom. The second-order valence-electron chi connectivity index (χ2n) is 9.90. The molecule has 2 amide bonds. The molecule has 2 aromatic carbocycles. The lowest BCUT2D eigenvalue weighted by atomic mass is 9.73. The molecule has 168 valence electrons. The highest BCUT2D eigenvalue weighted by atomic mass is 16.4. The predicted molar refractivity (Wildman–Crippen MR) is 121 cm³/mol. The Morgan fingerprint density at radius 3 is 2.38 bits per heavy atom. The standard InChI is InChI=1S/C26H30N2O4/c1-15(2)26(25(31)32)21-20(23(29)28(24(21)30)19-10-4-3-5-11-19)22(27-26)18-13-12-16-8-6-7-9-17(16)14-18/h6-9,12-15,19-22,27H,3-5,10-11H2,1-2H3,(H,31,32). The van der Waals surface area contributed by atoms with Crippen LogP contribution >= 0.6 is 0 Å². The van der Waals surface area contributed by atoms with Crippen LogP contribution in [0.4, 0.5) is 0 Å². The van der Waals surface area contributed by atoms with E-state index in [1.165, 1.54) is 4.90 Å². The quantitative estimate of drug-likeness (QED) is 0.713. The molecule has 4 unspecified atom stereocenters. The Hall–Kier alpha value is -2.73. The molecule has 0 radical (unpaired) electrons. The zero-order valence-electron chi connectivity index (χ0n) is 18.6. The van der Waals surface area contributed by atoms with Gasteiger partial charge in [0.1, 0.15) is 5.54 Å². The van der Waals surface area contributed by atoms with Gasteiger partial charge in [-0.25, -0.2) is 0 Å². The number of carboxylic acids is 1. The number of imide groups is 1. The van der Waals surface area contributed by atoms with Crippen molar-refractivity contribution in [2.45, 2.75) is 63.6 Å². The smallest absolute Gasteiger partial charge is 0.325 e. The van der Waals surface area contributed by atoms with Gasteiger partial charge in [0.15, 0.2) is 0 Å². The molecule has 0 aromatic heterocycles. The summed E-state index contributed by atoms with van der Waals surface area (Å²) in [6.45, 7) is 3.64. The fourth-order valence-electron chi connectivity index (χ4n) is 6.32. The van der Waals surface area contributed by atoms with E-state index in [0.717, 1.165) is 48.4 Å². The molecule has 1 saturated carbocycles. The van der Waals surface area contributed by atoms with Gasteiger partial charge in [-0.15, -0.1) is 0 Å². The summed E-state index contributed by atoms with van der Waals surface area (Å²) in [6.07, 6.45) is 4.74. The number of hydrogen-bond donors (Lipinski definition) is 2. The van der Waals surface area contributed by atoms with Crippen molar-refractivity contribution >= 4 is 28.6 Å². The zero-order chi connectivity index (χ0) is 22.6. The van der Waals surface area contributed by atoms with E-state index in [1.54, 1.807) is 0 Å². The maximum Gasteiger partial charge on any atom is 0.325 e. The fraction of sp³-hybridized carbons (Fsp3) is 0.500. The topological polar surface area (TPSA) is 86.7 Å². The second-order valence-corrected chi connectivity index (χ2v) is 9.90. The van der Waals surface area contributed by atoms with Crippen molar-refractivity contribution < 1.29 is 19.5 Å². The molecule has 2 heterocycles. The number of hydrogen-bond acceptors (Lipinski definition) is 4. The van der Waals surface area contributed by atoms with Crippen molar-refractivity contribution in [2.24, 2.45) is 17.8 Å². The molecule has 5 rings (SSSR count). The number of benzene rings is 2. The van der Waals surface area contributed by atoms with Gasteiger partial charge >= 0.3 is 5.97 Å². The Bertz CT molecular complexity index is 1090. The van der Waals surface area contributed by atoms with Crippen LogP contribution in [-0.4, -0.2) is 39.4 Å². The number of amides is 2. The summed E-state index contributed by atoms with van der Waals surface area (Å²) >= 11 is 0. The molecule has 2 N–H and O–H groups in total. The Balaban J connectivity index is 1.63. The molecule has 6 heteroatoms. The number of carbonyl (C=O) groups excluding carboxylic acids is 2. The van der Waals surface area contributed by atoms with Crippen molar-refractivity contribution in [3.63, 3.8) is 0 Å². The first kappa shape index (κ1) is 21.1. The third kappa shape index (κ3) is 2.92. The maximum absolute atomic E-state index is 13.7. The molecule has 2 saturated heterocycles. The number of carboxylic acid groups (broad SMARTS) is 1. The highest BCUT2D eigenvalue weighted by molar-refractivity contribution is 6.10. The van der Waals surface area contributed by atoms with E-state index in [2.05, 4.69) is 5.32 Å². The van der Waals surface area contributed by atoms with Gasteiger partial charge in [0.2, 0.25) is 11.8 Å². The fourth-order valence-corrected chi connectivity index (χ4v) is 6.32. The lowest BCUT2D eigenvalue weighted by Crippen LogP contribution is -2.59. The number of nitrogens with zero attached hydrogens (tertiary/aromatic N) is 1. The van der Waals surface area contributed by atoms with Gasteiger partial charge in [-0.2, -0.15) is 0 Å². The predicted octanol–water partition coefficient (Wildman–Crippen LogP) is 3.90. The first-order chi connectivity index (χ1) is 15.4. The highest BCUT2D eigenvalue weighted by Crippen LogP contribution is 2.52. The van der Waals surface area contributed by atoms with E-state index in [9.17, 15) is 19.5 Å². The monoisotopic (exact) mass is 434 g/mol. The normalized spacial score (nSPS) is 31.0. The van der Waals surface area contributed by atoms with Gasteiger partial charge in [0.25, 0.3) is 0 Å². The molecule has 0 bridgehead atoms.